The zero-order chi connectivity index (χ0) is 12.2. The largest absolute Gasteiger partial charge is 0.465 e. The van der Waals surface area contributed by atoms with Gasteiger partial charge in [-0.25, -0.2) is 4.79 Å². The van der Waals surface area contributed by atoms with Gasteiger partial charge in [-0.15, -0.1) is 0 Å². The number of carboxylic acid groups (broad SMARTS) is 1. The zero-order valence-corrected chi connectivity index (χ0v) is 8.93. The lowest BCUT2D eigenvalue weighted by molar-refractivity contribution is -0.133. The smallest absolute Gasteiger partial charge is 0.407 e. The molecule has 0 aliphatic rings. The second-order valence-corrected chi connectivity index (χ2v) is 3.30. The summed E-state index contributed by atoms with van der Waals surface area (Å²) in [6.07, 6.45) is -1.55. The maximum atomic E-state index is 11.3. The van der Waals surface area contributed by atoms with Crippen LogP contribution in [0.3, 0.4) is 0 Å². The monoisotopic (exact) mass is 217 g/mol. The quantitative estimate of drug-likeness (QED) is 0.625. The van der Waals surface area contributed by atoms with Crippen molar-refractivity contribution in [3.8, 4) is 0 Å². The summed E-state index contributed by atoms with van der Waals surface area (Å²) in [5.74, 6) is -1.19. The number of primary amides is 1. The lowest BCUT2D eigenvalue weighted by atomic mass is 10.1. The average molecular weight is 217 g/mol. The summed E-state index contributed by atoms with van der Waals surface area (Å²) in [5.41, 5.74) is 5.01. The molecule has 0 spiro atoms. The number of nitrogens with two attached hydrogens (primary N) is 1. The standard InChI is InChI=1S/C8H15N3O4/c1-10(2)6(12)4-5(7(9)13)11(3)8(14)15/h5H,4H2,1-3H3,(H2,9,13)(H,14,15). The van der Waals surface area contributed by atoms with Crippen LogP contribution in [0.1, 0.15) is 6.42 Å². The van der Waals surface area contributed by atoms with Gasteiger partial charge in [0.25, 0.3) is 0 Å². The van der Waals surface area contributed by atoms with Crippen LogP contribution in [-0.4, -0.2) is 60.0 Å². The highest BCUT2D eigenvalue weighted by atomic mass is 16.4. The molecule has 0 aromatic rings. The van der Waals surface area contributed by atoms with E-state index in [1.165, 1.54) is 26.0 Å². The molecule has 0 aliphatic heterocycles. The first-order chi connectivity index (χ1) is 6.77. The van der Waals surface area contributed by atoms with Gasteiger partial charge in [-0.3, -0.25) is 14.5 Å². The van der Waals surface area contributed by atoms with Gasteiger partial charge in [-0.2, -0.15) is 0 Å². The molecule has 0 heterocycles. The van der Waals surface area contributed by atoms with E-state index >= 15 is 0 Å². The predicted octanol–water partition coefficient (Wildman–Crippen LogP) is -1.07. The summed E-state index contributed by atoms with van der Waals surface area (Å²) in [7, 11) is 4.23. The number of likely N-dealkylation sites (N-methyl/N-ethyl adjacent to an activating group) is 1. The molecule has 0 saturated carbocycles. The van der Waals surface area contributed by atoms with Gasteiger partial charge in [0, 0.05) is 21.1 Å². The van der Waals surface area contributed by atoms with E-state index in [-0.39, 0.29) is 12.3 Å². The van der Waals surface area contributed by atoms with Crippen molar-refractivity contribution >= 4 is 17.9 Å². The van der Waals surface area contributed by atoms with Gasteiger partial charge in [-0.05, 0) is 0 Å². The number of hydrogen-bond donors (Lipinski definition) is 2. The molecule has 0 bridgehead atoms. The molecule has 7 nitrogen and oxygen atoms in total. The third kappa shape index (κ3) is 3.84. The first-order valence-electron chi connectivity index (χ1n) is 4.22. The van der Waals surface area contributed by atoms with E-state index in [1.807, 2.05) is 0 Å². The molecule has 0 fully saturated rings. The fourth-order valence-electron chi connectivity index (χ4n) is 0.910. The first-order valence-corrected chi connectivity index (χ1v) is 4.22. The Labute approximate surface area is 87.4 Å². The van der Waals surface area contributed by atoms with Crippen LogP contribution in [0.5, 0.6) is 0 Å². The minimum atomic E-state index is -1.30. The summed E-state index contributed by atoms with van der Waals surface area (Å²) < 4.78 is 0. The van der Waals surface area contributed by atoms with Crippen LogP contribution >= 0.6 is 0 Å². The van der Waals surface area contributed by atoms with Crippen molar-refractivity contribution < 1.29 is 19.5 Å². The van der Waals surface area contributed by atoms with Gasteiger partial charge in [0.15, 0.2) is 0 Å². The number of rotatable bonds is 4. The fraction of sp³-hybridized carbons (Fsp3) is 0.625. The van der Waals surface area contributed by atoms with Crippen molar-refractivity contribution in [2.24, 2.45) is 5.73 Å². The predicted molar refractivity (Wildman–Crippen MR) is 52.1 cm³/mol. The summed E-state index contributed by atoms with van der Waals surface area (Å²) in [5, 5.41) is 8.65. The third-order valence-electron chi connectivity index (χ3n) is 1.96. The molecule has 0 aliphatic carbocycles. The van der Waals surface area contributed by atoms with E-state index in [4.69, 9.17) is 10.8 Å². The first kappa shape index (κ1) is 13.2. The Kier molecular flexibility index (Phi) is 4.56. The van der Waals surface area contributed by atoms with Crippen molar-refractivity contribution in [2.75, 3.05) is 21.1 Å². The topological polar surface area (TPSA) is 104 Å². The van der Waals surface area contributed by atoms with Crippen LogP contribution < -0.4 is 5.73 Å². The molecule has 3 N–H and O–H groups in total. The van der Waals surface area contributed by atoms with Gasteiger partial charge in [0.05, 0.1) is 6.42 Å². The number of carbonyl (C=O) groups is 3. The van der Waals surface area contributed by atoms with E-state index in [1.54, 1.807) is 0 Å². The van der Waals surface area contributed by atoms with Crippen molar-refractivity contribution in [1.82, 2.24) is 9.80 Å². The molecule has 1 unspecified atom stereocenters. The van der Waals surface area contributed by atoms with Crippen molar-refractivity contribution in [3.05, 3.63) is 0 Å². The third-order valence-corrected chi connectivity index (χ3v) is 1.96. The second kappa shape index (κ2) is 5.18. The lowest BCUT2D eigenvalue weighted by Crippen LogP contribution is -2.47. The zero-order valence-electron chi connectivity index (χ0n) is 8.93. The Morgan fingerprint density at radius 1 is 1.27 bits per heavy atom. The van der Waals surface area contributed by atoms with Crippen molar-refractivity contribution in [2.45, 2.75) is 12.5 Å². The minimum absolute atomic E-state index is 0.245. The molecule has 15 heavy (non-hydrogen) atoms. The Morgan fingerprint density at radius 2 is 1.73 bits per heavy atom. The highest BCUT2D eigenvalue weighted by molar-refractivity contribution is 5.89. The van der Waals surface area contributed by atoms with Crippen LogP contribution in [0.25, 0.3) is 0 Å². The molecule has 0 saturated heterocycles. The molecule has 0 aromatic carbocycles. The average Bonchev–Trinajstić information content (AvgIpc) is 2.11. The molecule has 86 valence electrons. The second-order valence-electron chi connectivity index (χ2n) is 3.30. The number of carbonyl (C=O) groups excluding carboxylic acids is 2. The SMILES string of the molecule is CN(C)C(=O)CC(C(N)=O)N(C)C(=O)O. The maximum absolute atomic E-state index is 11.3. The van der Waals surface area contributed by atoms with E-state index in [9.17, 15) is 14.4 Å². The highest BCUT2D eigenvalue weighted by Gasteiger charge is 2.27. The fourth-order valence-corrected chi connectivity index (χ4v) is 0.910. The minimum Gasteiger partial charge on any atom is -0.465 e. The number of amides is 3. The van der Waals surface area contributed by atoms with E-state index < -0.39 is 18.0 Å². The van der Waals surface area contributed by atoms with Crippen LogP contribution in [0.4, 0.5) is 4.79 Å². The normalized spacial score (nSPS) is 11.7. The lowest BCUT2D eigenvalue weighted by Gasteiger charge is -2.23. The maximum Gasteiger partial charge on any atom is 0.407 e. The van der Waals surface area contributed by atoms with Crippen LogP contribution in [0.2, 0.25) is 0 Å². The van der Waals surface area contributed by atoms with Gasteiger partial charge in [-0.1, -0.05) is 0 Å². The number of hydrogen-bond acceptors (Lipinski definition) is 3. The van der Waals surface area contributed by atoms with Gasteiger partial charge >= 0.3 is 6.09 Å². The molecule has 0 radical (unpaired) electrons. The van der Waals surface area contributed by atoms with Crippen LogP contribution in [0, 0.1) is 0 Å². The molecular formula is C8H15N3O4. The van der Waals surface area contributed by atoms with E-state index in [0.29, 0.717) is 0 Å². The van der Waals surface area contributed by atoms with Gasteiger partial charge in [0.2, 0.25) is 11.8 Å². The number of nitrogens with zero attached hydrogens (tertiary/aromatic N) is 2. The summed E-state index contributed by atoms with van der Waals surface area (Å²) in [4.78, 5) is 34.8. The molecule has 0 aromatic heterocycles. The molecule has 7 heteroatoms. The summed E-state index contributed by atoms with van der Waals surface area (Å²) >= 11 is 0. The van der Waals surface area contributed by atoms with E-state index in [0.717, 1.165) is 4.90 Å². The van der Waals surface area contributed by atoms with Crippen LogP contribution in [-0.2, 0) is 9.59 Å². The molecule has 3 amide bonds. The Bertz CT molecular complexity index is 277. The van der Waals surface area contributed by atoms with Gasteiger partial charge < -0.3 is 15.7 Å². The molecule has 0 rings (SSSR count). The summed E-state index contributed by atoms with van der Waals surface area (Å²) in [6.45, 7) is 0. The van der Waals surface area contributed by atoms with Gasteiger partial charge in [0.1, 0.15) is 6.04 Å². The Morgan fingerprint density at radius 3 is 2.00 bits per heavy atom. The van der Waals surface area contributed by atoms with Crippen molar-refractivity contribution in [1.29, 1.82) is 0 Å². The van der Waals surface area contributed by atoms with Crippen molar-refractivity contribution in [3.63, 3.8) is 0 Å². The Hall–Kier alpha value is -1.79. The molecular weight excluding hydrogens is 202 g/mol. The van der Waals surface area contributed by atoms with Crippen LogP contribution in [0.15, 0.2) is 0 Å². The van der Waals surface area contributed by atoms with E-state index in [2.05, 4.69) is 0 Å². The molecule has 1 atom stereocenters. The highest BCUT2D eigenvalue weighted by Crippen LogP contribution is 2.03. The Balaban J connectivity index is 4.62. The summed E-state index contributed by atoms with van der Waals surface area (Å²) in [6, 6.07) is -1.13.